The van der Waals surface area contributed by atoms with Crippen molar-refractivity contribution >= 4 is 22.1 Å². The van der Waals surface area contributed by atoms with Crippen molar-refractivity contribution in [3.63, 3.8) is 0 Å². The van der Waals surface area contributed by atoms with Crippen molar-refractivity contribution < 1.29 is 18.3 Å². The molecule has 1 fully saturated rings. The number of hydrogen-bond donors (Lipinski definition) is 2. The molecule has 6 nitrogen and oxygen atoms in total. The van der Waals surface area contributed by atoms with Crippen molar-refractivity contribution in [2.75, 3.05) is 0 Å². The molecule has 114 valence electrons. The summed E-state index contributed by atoms with van der Waals surface area (Å²) in [6, 6.07) is 1.36. The molecule has 7 heteroatoms. The molecule has 0 aromatic carbocycles. The minimum absolute atomic E-state index is 0.0479. The highest BCUT2D eigenvalue weighted by molar-refractivity contribution is 7.89. The van der Waals surface area contributed by atoms with Gasteiger partial charge in [-0.15, -0.1) is 0 Å². The Morgan fingerprint density at radius 2 is 2.19 bits per heavy atom. The van der Waals surface area contributed by atoms with Crippen LogP contribution in [-0.2, 0) is 14.8 Å². The summed E-state index contributed by atoms with van der Waals surface area (Å²) in [5.41, 5.74) is 0.430. The number of carboxylic acids is 1. The molecule has 0 amide bonds. The number of rotatable bonds is 5. The van der Waals surface area contributed by atoms with Gasteiger partial charge in [0.25, 0.3) is 0 Å². The van der Waals surface area contributed by atoms with Crippen LogP contribution in [0.1, 0.15) is 31.7 Å². The molecule has 0 bridgehead atoms. The third-order valence-corrected chi connectivity index (χ3v) is 5.09. The molecule has 1 saturated carbocycles. The molecule has 1 aromatic rings. The Bertz CT molecular complexity index is 655. The monoisotopic (exact) mass is 310 g/mol. The topological polar surface area (TPSA) is 96.4 Å². The van der Waals surface area contributed by atoms with Gasteiger partial charge in [-0.1, -0.05) is 13.3 Å². The standard InChI is InChI=1S/C14H18N2O4S/c1-10-3-2-4-13(10)16-21(19,20)12-7-11(8-15-9-12)5-6-14(17)18/h5-10,13,16H,2-4H2,1H3,(H,17,18). The maximum Gasteiger partial charge on any atom is 0.328 e. The van der Waals surface area contributed by atoms with E-state index in [0.717, 1.165) is 25.3 Å². The van der Waals surface area contributed by atoms with E-state index in [4.69, 9.17) is 5.11 Å². The fourth-order valence-corrected chi connectivity index (χ4v) is 3.80. The number of nitrogens with one attached hydrogen (secondary N) is 1. The Morgan fingerprint density at radius 1 is 1.43 bits per heavy atom. The number of carboxylic acid groups (broad SMARTS) is 1. The minimum atomic E-state index is -3.63. The maximum absolute atomic E-state index is 12.3. The molecule has 0 aliphatic heterocycles. The van der Waals surface area contributed by atoms with E-state index in [1.807, 2.05) is 6.92 Å². The summed E-state index contributed by atoms with van der Waals surface area (Å²) >= 11 is 0. The lowest BCUT2D eigenvalue weighted by molar-refractivity contribution is -0.131. The average Bonchev–Trinajstić information content (AvgIpc) is 2.82. The number of carbonyl (C=O) groups is 1. The van der Waals surface area contributed by atoms with Crippen molar-refractivity contribution in [1.29, 1.82) is 0 Å². The summed E-state index contributed by atoms with van der Waals surface area (Å²) in [7, 11) is -3.63. The fourth-order valence-electron chi connectivity index (χ4n) is 2.43. The molecule has 0 radical (unpaired) electrons. The van der Waals surface area contributed by atoms with E-state index in [2.05, 4.69) is 9.71 Å². The second-order valence-corrected chi connectivity index (χ2v) is 6.98. The minimum Gasteiger partial charge on any atom is -0.478 e. The molecule has 1 heterocycles. The summed E-state index contributed by atoms with van der Waals surface area (Å²) in [5.74, 6) is -0.774. The molecule has 0 spiro atoms. The molecule has 1 aliphatic rings. The number of nitrogens with zero attached hydrogens (tertiary/aromatic N) is 1. The van der Waals surface area contributed by atoms with Gasteiger partial charge in [-0.05, 0) is 36.5 Å². The molecule has 2 N–H and O–H groups in total. The van der Waals surface area contributed by atoms with Crippen LogP contribution in [0.25, 0.3) is 6.08 Å². The quantitative estimate of drug-likeness (QED) is 0.806. The lowest BCUT2D eigenvalue weighted by Gasteiger charge is -2.17. The van der Waals surface area contributed by atoms with Crippen LogP contribution in [0.5, 0.6) is 0 Å². The summed E-state index contributed by atoms with van der Waals surface area (Å²) < 4.78 is 27.4. The zero-order valence-corrected chi connectivity index (χ0v) is 12.5. The highest BCUT2D eigenvalue weighted by Gasteiger charge is 2.28. The van der Waals surface area contributed by atoms with Crippen LogP contribution < -0.4 is 4.72 Å². The first-order chi connectivity index (χ1) is 9.88. The second-order valence-electron chi connectivity index (χ2n) is 5.26. The van der Waals surface area contributed by atoms with E-state index in [1.54, 1.807) is 0 Å². The van der Waals surface area contributed by atoms with Crippen molar-refractivity contribution in [3.05, 3.63) is 30.1 Å². The zero-order valence-electron chi connectivity index (χ0n) is 11.7. The number of sulfonamides is 1. The van der Waals surface area contributed by atoms with E-state index in [1.165, 1.54) is 24.5 Å². The fraction of sp³-hybridized carbons (Fsp3) is 0.429. The smallest absolute Gasteiger partial charge is 0.328 e. The van der Waals surface area contributed by atoms with Crippen LogP contribution in [0, 0.1) is 5.92 Å². The van der Waals surface area contributed by atoms with Crippen LogP contribution in [0.3, 0.4) is 0 Å². The Balaban J connectivity index is 2.20. The van der Waals surface area contributed by atoms with Gasteiger partial charge in [-0.2, -0.15) is 0 Å². The average molecular weight is 310 g/mol. The normalized spacial score (nSPS) is 22.7. The molecule has 1 aromatic heterocycles. The third kappa shape index (κ3) is 4.12. The second kappa shape index (κ2) is 6.36. The Labute approximate surface area is 124 Å². The van der Waals surface area contributed by atoms with Crippen LogP contribution in [-0.4, -0.2) is 30.5 Å². The number of aliphatic carboxylic acids is 1. The van der Waals surface area contributed by atoms with E-state index in [0.29, 0.717) is 11.5 Å². The molecule has 2 unspecified atom stereocenters. The van der Waals surface area contributed by atoms with E-state index in [-0.39, 0.29) is 10.9 Å². The first-order valence-corrected chi connectivity index (χ1v) is 8.25. The van der Waals surface area contributed by atoms with Gasteiger partial charge in [0.1, 0.15) is 4.90 Å². The van der Waals surface area contributed by atoms with Crippen molar-refractivity contribution in [2.45, 2.75) is 37.1 Å². The van der Waals surface area contributed by atoms with E-state index < -0.39 is 16.0 Å². The van der Waals surface area contributed by atoms with Crippen molar-refractivity contribution in [2.24, 2.45) is 5.92 Å². The van der Waals surface area contributed by atoms with Gasteiger partial charge in [0.2, 0.25) is 10.0 Å². The first-order valence-electron chi connectivity index (χ1n) is 6.77. The summed E-state index contributed by atoms with van der Waals surface area (Å²) in [4.78, 5) is 14.4. The van der Waals surface area contributed by atoms with Gasteiger partial charge in [0.05, 0.1) is 0 Å². The Kier molecular flexibility index (Phi) is 4.74. The van der Waals surface area contributed by atoms with E-state index >= 15 is 0 Å². The van der Waals surface area contributed by atoms with Gasteiger partial charge in [-0.25, -0.2) is 17.9 Å². The summed E-state index contributed by atoms with van der Waals surface area (Å²) in [5, 5.41) is 8.59. The highest BCUT2D eigenvalue weighted by Crippen LogP contribution is 2.26. The van der Waals surface area contributed by atoms with Crippen LogP contribution >= 0.6 is 0 Å². The van der Waals surface area contributed by atoms with Gasteiger partial charge in [0.15, 0.2) is 0 Å². The Morgan fingerprint density at radius 3 is 2.81 bits per heavy atom. The van der Waals surface area contributed by atoms with Crippen LogP contribution in [0.2, 0.25) is 0 Å². The molecule has 2 rings (SSSR count). The van der Waals surface area contributed by atoms with Crippen LogP contribution in [0.4, 0.5) is 0 Å². The van der Waals surface area contributed by atoms with Crippen LogP contribution in [0.15, 0.2) is 29.4 Å². The number of pyridine rings is 1. The van der Waals surface area contributed by atoms with Gasteiger partial charge in [-0.3, -0.25) is 4.98 Å². The van der Waals surface area contributed by atoms with Crippen molar-refractivity contribution in [3.8, 4) is 0 Å². The van der Waals surface area contributed by atoms with E-state index in [9.17, 15) is 13.2 Å². The predicted octanol–water partition coefficient (Wildman–Crippen LogP) is 1.65. The largest absolute Gasteiger partial charge is 0.478 e. The lowest BCUT2D eigenvalue weighted by Crippen LogP contribution is -2.36. The van der Waals surface area contributed by atoms with Gasteiger partial charge in [0, 0.05) is 24.5 Å². The van der Waals surface area contributed by atoms with Crippen molar-refractivity contribution in [1.82, 2.24) is 9.71 Å². The predicted molar refractivity (Wildman–Crippen MR) is 78.0 cm³/mol. The number of aromatic nitrogens is 1. The molecule has 1 aliphatic carbocycles. The summed E-state index contributed by atoms with van der Waals surface area (Å²) in [6.45, 7) is 2.03. The maximum atomic E-state index is 12.3. The lowest BCUT2D eigenvalue weighted by atomic mass is 10.1. The van der Waals surface area contributed by atoms with Gasteiger partial charge >= 0.3 is 5.97 Å². The molecular weight excluding hydrogens is 292 g/mol. The molecule has 0 saturated heterocycles. The Hall–Kier alpha value is -1.73. The SMILES string of the molecule is CC1CCCC1NS(=O)(=O)c1cncc(C=CC(=O)O)c1. The zero-order chi connectivity index (χ0) is 15.5. The number of hydrogen-bond acceptors (Lipinski definition) is 4. The molecule has 21 heavy (non-hydrogen) atoms. The molecule has 2 atom stereocenters. The first kappa shape index (κ1) is 15.7. The summed E-state index contributed by atoms with van der Waals surface area (Å²) in [6.07, 6.45) is 7.82. The van der Waals surface area contributed by atoms with Gasteiger partial charge < -0.3 is 5.11 Å². The third-order valence-electron chi connectivity index (χ3n) is 3.63. The highest BCUT2D eigenvalue weighted by atomic mass is 32.2. The molecular formula is C14H18N2O4S.